The van der Waals surface area contributed by atoms with Crippen LogP contribution in [-0.4, -0.2) is 30.3 Å². The fourth-order valence-electron chi connectivity index (χ4n) is 1.92. The number of hydrogen-bond acceptors (Lipinski definition) is 6. The number of pyridine rings is 1. The molecule has 0 spiro atoms. The zero-order valence-corrected chi connectivity index (χ0v) is 11.6. The summed E-state index contributed by atoms with van der Waals surface area (Å²) < 4.78 is 2.01. The van der Waals surface area contributed by atoms with E-state index in [2.05, 4.69) is 19.9 Å². The molecule has 0 aliphatic rings. The molecule has 3 rings (SSSR count). The third-order valence-corrected chi connectivity index (χ3v) is 3.99. The molecule has 3 aromatic rings. The Morgan fingerprint density at radius 2 is 2.00 bits per heavy atom. The van der Waals surface area contributed by atoms with Crippen LogP contribution in [0.4, 0.5) is 5.82 Å². The SMILES string of the molecule is Nc1ncnc2c1ncn2CCCSc1ccncc1. The topological polar surface area (TPSA) is 82.5 Å². The molecule has 0 aliphatic heterocycles. The summed E-state index contributed by atoms with van der Waals surface area (Å²) in [4.78, 5) is 17.7. The minimum Gasteiger partial charge on any atom is -0.382 e. The van der Waals surface area contributed by atoms with Gasteiger partial charge in [-0.15, -0.1) is 11.8 Å². The molecule has 0 amide bonds. The molecule has 6 nitrogen and oxygen atoms in total. The Hall–Kier alpha value is -2.15. The van der Waals surface area contributed by atoms with E-state index in [9.17, 15) is 0 Å². The summed E-state index contributed by atoms with van der Waals surface area (Å²) in [5.74, 6) is 1.46. The molecule has 7 heteroatoms. The normalized spacial score (nSPS) is 11.0. The molecule has 0 atom stereocenters. The zero-order chi connectivity index (χ0) is 13.8. The van der Waals surface area contributed by atoms with Crippen LogP contribution in [0.1, 0.15) is 6.42 Å². The van der Waals surface area contributed by atoms with Crippen molar-refractivity contribution in [3.8, 4) is 0 Å². The minimum absolute atomic E-state index is 0.430. The molecule has 3 heterocycles. The van der Waals surface area contributed by atoms with Gasteiger partial charge in [0, 0.05) is 23.8 Å². The number of hydrogen-bond donors (Lipinski definition) is 1. The van der Waals surface area contributed by atoms with Crippen molar-refractivity contribution in [3.05, 3.63) is 37.2 Å². The highest BCUT2D eigenvalue weighted by Crippen LogP contribution is 2.19. The Balaban J connectivity index is 1.59. The number of fused-ring (bicyclic) bond motifs is 1. The third-order valence-electron chi connectivity index (χ3n) is 2.89. The van der Waals surface area contributed by atoms with Crippen LogP contribution >= 0.6 is 11.8 Å². The smallest absolute Gasteiger partial charge is 0.165 e. The molecule has 0 bridgehead atoms. The van der Waals surface area contributed by atoms with Crippen LogP contribution in [0.3, 0.4) is 0 Å². The van der Waals surface area contributed by atoms with E-state index in [0.717, 1.165) is 24.4 Å². The summed E-state index contributed by atoms with van der Waals surface area (Å²) in [6, 6.07) is 4.04. The van der Waals surface area contributed by atoms with Crippen molar-refractivity contribution >= 4 is 28.7 Å². The van der Waals surface area contributed by atoms with E-state index < -0.39 is 0 Å². The molecule has 0 fully saturated rings. The van der Waals surface area contributed by atoms with Crippen LogP contribution in [0.2, 0.25) is 0 Å². The second kappa shape index (κ2) is 5.87. The Kier molecular flexibility index (Phi) is 3.78. The average Bonchev–Trinajstić information content (AvgIpc) is 2.90. The monoisotopic (exact) mass is 286 g/mol. The first kappa shape index (κ1) is 12.9. The lowest BCUT2D eigenvalue weighted by atomic mass is 10.4. The van der Waals surface area contributed by atoms with Crippen LogP contribution < -0.4 is 5.73 Å². The van der Waals surface area contributed by atoms with Crippen LogP contribution in [0.15, 0.2) is 42.1 Å². The summed E-state index contributed by atoms with van der Waals surface area (Å²) >= 11 is 1.82. The summed E-state index contributed by atoms with van der Waals surface area (Å²) in [5, 5.41) is 0. The number of thioether (sulfide) groups is 1. The number of nitrogen functional groups attached to an aromatic ring is 1. The maximum atomic E-state index is 5.76. The van der Waals surface area contributed by atoms with Gasteiger partial charge in [-0.3, -0.25) is 4.98 Å². The van der Waals surface area contributed by atoms with Crippen molar-refractivity contribution in [2.75, 3.05) is 11.5 Å². The Morgan fingerprint density at radius 3 is 2.85 bits per heavy atom. The highest BCUT2D eigenvalue weighted by Gasteiger charge is 2.07. The molecule has 20 heavy (non-hydrogen) atoms. The van der Waals surface area contributed by atoms with Crippen LogP contribution in [0, 0.1) is 0 Å². The van der Waals surface area contributed by atoms with Crippen molar-refractivity contribution < 1.29 is 0 Å². The Labute approximate surface area is 120 Å². The van der Waals surface area contributed by atoms with Gasteiger partial charge >= 0.3 is 0 Å². The van der Waals surface area contributed by atoms with E-state index in [-0.39, 0.29) is 0 Å². The fourth-order valence-corrected chi connectivity index (χ4v) is 2.75. The maximum absolute atomic E-state index is 5.76. The van der Waals surface area contributed by atoms with Gasteiger partial charge in [0.1, 0.15) is 11.8 Å². The largest absolute Gasteiger partial charge is 0.382 e. The molecule has 102 valence electrons. The van der Waals surface area contributed by atoms with E-state index >= 15 is 0 Å². The number of nitrogens with zero attached hydrogens (tertiary/aromatic N) is 5. The lowest BCUT2D eigenvalue weighted by molar-refractivity contribution is 0.696. The number of aryl methyl sites for hydroxylation is 1. The van der Waals surface area contributed by atoms with E-state index in [1.807, 2.05) is 40.9 Å². The number of nitrogens with two attached hydrogens (primary N) is 1. The maximum Gasteiger partial charge on any atom is 0.165 e. The Bertz CT molecular complexity index is 696. The summed E-state index contributed by atoms with van der Waals surface area (Å²) in [6.45, 7) is 0.866. The summed E-state index contributed by atoms with van der Waals surface area (Å²) in [7, 11) is 0. The van der Waals surface area contributed by atoms with Gasteiger partial charge < -0.3 is 10.3 Å². The van der Waals surface area contributed by atoms with Gasteiger partial charge in [0.2, 0.25) is 0 Å². The quantitative estimate of drug-likeness (QED) is 0.570. The van der Waals surface area contributed by atoms with Gasteiger partial charge in [0.25, 0.3) is 0 Å². The molecule has 2 N–H and O–H groups in total. The Morgan fingerprint density at radius 1 is 1.15 bits per heavy atom. The van der Waals surface area contributed by atoms with Gasteiger partial charge in [-0.25, -0.2) is 15.0 Å². The average molecular weight is 286 g/mol. The van der Waals surface area contributed by atoms with Gasteiger partial charge in [0.05, 0.1) is 6.33 Å². The molecule has 0 saturated carbocycles. The van der Waals surface area contributed by atoms with E-state index in [4.69, 9.17) is 5.73 Å². The van der Waals surface area contributed by atoms with E-state index in [0.29, 0.717) is 11.3 Å². The van der Waals surface area contributed by atoms with Gasteiger partial charge in [0.15, 0.2) is 11.5 Å². The first-order chi connectivity index (χ1) is 9.84. The van der Waals surface area contributed by atoms with Crippen LogP contribution in [0.5, 0.6) is 0 Å². The highest BCUT2D eigenvalue weighted by atomic mass is 32.2. The number of rotatable bonds is 5. The molecule has 0 radical (unpaired) electrons. The van der Waals surface area contributed by atoms with Crippen molar-refractivity contribution in [2.45, 2.75) is 17.9 Å². The van der Waals surface area contributed by atoms with Gasteiger partial charge in [-0.1, -0.05) is 0 Å². The molecule has 0 aliphatic carbocycles. The van der Waals surface area contributed by atoms with E-state index in [1.54, 1.807) is 6.33 Å². The van der Waals surface area contributed by atoms with Gasteiger partial charge in [-0.05, 0) is 24.3 Å². The van der Waals surface area contributed by atoms with Crippen LogP contribution in [0.25, 0.3) is 11.2 Å². The molecule has 0 aromatic carbocycles. The summed E-state index contributed by atoms with van der Waals surface area (Å²) in [5.41, 5.74) is 7.24. The second-order valence-corrected chi connectivity index (χ2v) is 5.42. The predicted octanol–water partition coefficient (Wildman–Crippen LogP) is 1.99. The summed E-state index contributed by atoms with van der Waals surface area (Å²) in [6.07, 6.45) is 7.90. The molecular formula is C13H14N6S. The van der Waals surface area contributed by atoms with Crippen molar-refractivity contribution in [2.24, 2.45) is 0 Å². The highest BCUT2D eigenvalue weighted by molar-refractivity contribution is 7.99. The predicted molar refractivity (Wildman–Crippen MR) is 79.3 cm³/mol. The van der Waals surface area contributed by atoms with E-state index in [1.165, 1.54) is 11.2 Å². The first-order valence-corrected chi connectivity index (χ1v) is 7.27. The molecule has 3 aromatic heterocycles. The van der Waals surface area contributed by atoms with Crippen molar-refractivity contribution in [1.82, 2.24) is 24.5 Å². The lowest BCUT2D eigenvalue weighted by Gasteiger charge is -2.04. The van der Waals surface area contributed by atoms with Crippen LogP contribution in [-0.2, 0) is 6.54 Å². The van der Waals surface area contributed by atoms with Gasteiger partial charge in [-0.2, -0.15) is 0 Å². The third kappa shape index (κ3) is 2.72. The number of aromatic nitrogens is 5. The van der Waals surface area contributed by atoms with Crippen molar-refractivity contribution in [3.63, 3.8) is 0 Å². The fraction of sp³-hybridized carbons (Fsp3) is 0.231. The zero-order valence-electron chi connectivity index (χ0n) is 10.8. The molecule has 0 unspecified atom stereocenters. The molecule has 0 saturated heterocycles. The number of anilines is 1. The lowest BCUT2D eigenvalue weighted by Crippen LogP contribution is -2.00. The minimum atomic E-state index is 0.430. The standard InChI is InChI=1S/C13H14N6S/c14-12-11-13(17-8-16-12)19(9-18-11)6-1-7-20-10-2-4-15-5-3-10/h2-5,8-9H,1,6-7H2,(H2,14,16,17). The van der Waals surface area contributed by atoms with Crippen molar-refractivity contribution in [1.29, 1.82) is 0 Å². The second-order valence-electron chi connectivity index (χ2n) is 4.25. The number of imidazole rings is 1. The molecular weight excluding hydrogens is 272 g/mol. The first-order valence-electron chi connectivity index (χ1n) is 6.29.